The van der Waals surface area contributed by atoms with Crippen molar-refractivity contribution in [3.05, 3.63) is 65.7 Å². The zero-order valence-electron chi connectivity index (χ0n) is 8.10. The molecule has 0 saturated heterocycles. The third kappa shape index (κ3) is 2.62. The van der Waals surface area contributed by atoms with Gasteiger partial charge in [-0.15, -0.1) is 0 Å². The van der Waals surface area contributed by atoms with Gasteiger partial charge in [0.15, 0.2) is 5.75 Å². The van der Waals surface area contributed by atoms with Crippen molar-refractivity contribution in [3.63, 3.8) is 0 Å². The zero-order valence-corrected chi connectivity index (χ0v) is 8.10. The topological polar surface area (TPSA) is 19.9 Å². The molecular weight excluding hydrogens is 184 g/mol. The summed E-state index contributed by atoms with van der Waals surface area (Å²) in [5.41, 5.74) is 1.84. The quantitative estimate of drug-likeness (QED) is 0.572. The molecule has 0 heterocycles. The minimum Gasteiger partial charge on any atom is -0.290 e. The van der Waals surface area contributed by atoms with Gasteiger partial charge < -0.3 is 0 Å². The van der Waals surface area contributed by atoms with Crippen LogP contribution in [-0.2, 0) is 5.11 Å². The van der Waals surface area contributed by atoms with Crippen molar-refractivity contribution < 1.29 is 5.11 Å². The Morgan fingerprint density at radius 1 is 0.667 bits per heavy atom. The second-order valence-electron chi connectivity index (χ2n) is 3.14. The molecule has 1 heteroatoms. The molecule has 0 atom stereocenters. The Kier molecular flexibility index (Phi) is 2.71. The van der Waals surface area contributed by atoms with Gasteiger partial charge in [0.1, 0.15) is 0 Å². The van der Waals surface area contributed by atoms with Gasteiger partial charge in [-0.05, 0) is 36.4 Å². The molecule has 71 valence electrons. The molecule has 1 nitrogen and oxygen atoms in total. The van der Waals surface area contributed by atoms with Crippen LogP contribution in [0, 0.1) is 11.8 Å². The molecule has 0 amide bonds. The zero-order chi connectivity index (χ0) is 10.5. The maximum absolute atomic E-state index is 10.8. The van der Waals surface area contributed by atoms with E-state index in [2.05, 4.69) is 11.8 Å². The van der Waals surface area contributed by atoms with Gasteiger partial charge in [0, 0.05) is 11.1 Å². The summed E-state index contributed by atoms with van der Waals surface area (Å²) in [7, 11) is 0. The van der Waals surface area contributed by atoms with Crippen molar-refractivity contribution in [1.82, 2.24) is 0 Å². The van der Waals surface area contributed by atoms with Gasteiger partial charge in [-0.2, -0.15) is 0 Å². The predicted molar refractivity (Wildman–Crippen MR) is 59.0 cm³/mol. The van der Waals surface area contributed by atoms with Crippen LogP contribution in [0.4, 0.5) is 0 Å². The highest BCUT2D eigenvalue weighted by atomic mass is 16.3. The van der Waals surface area contributed by atoms with E-state index in [0.717, 1.165) is 11.1 Å². The van der Waals surface area contributed by atoms with Gasteiger partial charge >= 0.3 is 0 Å². The highest BCUT2D eigenvalue weighted by molar-refractivity contribution is 5.43. The summed E-state index contributed by atoms with van der Waals surface area (Å²) in [4.78, 5) is 0. The molecule has 1 radical (unpaired) electrons. The summed E-state index contributed by atoms with van der Waals surface area (Å²) in [5.74, 6) is 6.04. The molecule has 0 spiro atoms. The second-order valence-corrected chi connectivity index (χ2v) is 3.14. The molecule has 0 aliphatic rings. The molecule has 0 aliphatic carbocycles. The summed E-state index contributed by atoms with van der Waals surface area (Å²) in [6.07, 6.45) is 0. The molecule has 0 saturated carbocycles. The van der Waals surface area contributed by atoms with Gasteiger partial charge in [-0.25, -0.2) is 0 Å². The Morgan fingerprint density at radius 3 is 1.80 bits per heavy atom. The van der Waals surface area contributed by atoms with Crippen molar-refractivity contribution >= 4 is 0 Å². The molecule has 15 heavy (non-hydrogen) atoms. The normalized spacial score (nSPS) is 9.07. The highest BCUT2D eigenvalue weighted by Gasteiger charge is 1.89. The third-order valence-electron chi connectivity index (χ3n) is 1.98. The molecule has 0 aromatic heterocycles. The lowest BCUT2D eigenvalue weighted by atomic mass is 10.2. The minimum absolute atomic E-state index is 0.0141. The molecule has 0 N–H and O–H groups in total. The highest BCUT2D eigenvalue weighted by Crippen LogP contribution is 2.09. The van der Waals surface area contributed by atoms with Crippen molar-refractivity contribution in [2.45, 2.75) is 0 Å². The monoisotopic (exact) mass is 193 g/mol. The molecule has 0 unspecified atom stereocenters. The van der Waals surface area contributed by atoms with E-state index in [4.69, 9.17) is 0 Å². The third-order valence-corrected chi connectivity index (χ3v) is 1.98. The van der Waals surface area contributed by atoms with E-state index in [1.807, 2.05) is 30.3 Å². The number of benzene rings is 2. The van der Waals surface area contributed by atoms with E-state index in [-0.39, 0.29) is 5.75 Å². The first-order valence-corrected chi connectivity index (χ1v) is 4.69. The average molecular weight is 193 g/mol. The van der Waals surface area contributed by atoms with Crippen molar-refractivity contribution in [2.24, 2.45) is 0 Å². The van der Waals surface area contributed by atoms with E-state index in [9.17, 15) is 5.11 Å². The molecule has 0 bridgehead atoms. The van der Waals surface area contributed by atoms with Crippen LogP contribution in [0.15, 0.2) is 54.6 Å². The molecule has 2 aromatic rings. The summed E-state index contributed by atoms with van der Waals surface area (Å²) in [6.45, 7) is 0. The van der Waals surface area contributed by atoms with Crippen LogP contribution in [0.5, 0.6) is 5.75 Å². The molecule has 0 fully saturated rings. The largest absolute Gasteiger partial charge is 0.290 e. The summed E-state index contributed by atoms with van der Waals surface area (Å²) in [5, 5.41) is 10.8. The van der Waals surface area contributed by atoms with E-state index in [1.165, 1.54) is 12.1 Å². The smallest absolute Gasteiger partial charge is 0.178 e. The van der Waals surface area contributed by atoms with E-state index >= 15 is 0 Å². The fourth-order valence-electron chi connectivity index (χ4n) is 1.20. The van der Waals surface area contributed by atoms with E-state index in [0.29, 0.717) is 0 Å². The number of rotatable bonds is 0. The first-order chi connectivity index (χ1) is 7.34. The maximum Gasteiger partial charge on any atom is 0.178 e. The SMILES string of the molecule is [O]c1ccc(C#Cc2ccccc2)cc1. The Labute approximate surface area is 89.0 Å². The lowest BCUT2D eigenvalue weighted by molar-refractivity contribution is 0.355. The first kappa shape index (κ1) is 9.36. The van der Waals surface area contributed by atoms with Crippen LogP contribution in [-0.4, -0.2) is 0 Å². The van der Waals surface area contributed by atoms with Crippen molar-refractivity contribution in [1.29, 1.82) is 0 Å². The van der Waals surface area contributed by atoms with Crippen LogP contribution in [0.25, 0.3) is 0 Å². The molecule has 0 aliphatic heterocycles. The molecule has 2 aromatic carbocycles. The summed E-state index contributed by atoms with van der Waals surface area (Å²) in [6, 6.07) is 16.3. The lowest BCUT2D eigenvalue weighted by Gasteiger charge is -1.89. The Bertz CT molecular complexity index is 486. The van der Waals surface area contributed by atoms with Gasteiger partial charge in [-0.1, -0.05) is 30.0 Å². The van der Waals surface area contributed by atoms with Gasteiger partial charge in [0.2, 0.25) is 0 Å². The maximum atomic E-state index is 10.8. The fraction of sp³-hybridized carbons (Fsp3) is 0. The van der Waals surface area contributed by atoms with E-state index in [1.54, 1.807) is 12.1 Å². The predicted octanol–water partition coefficient (Wildman–Crippen LogP) is 3.23. The van der Waals surface area contributed by atoms with E-state index < -0.39 is 0 Å². The Balaban J connectivity index is 2.22. The van der Waals surface area contributed by atoms with Crippen molar-refractivity contribution in [3.8, 4) is 17.6 Å². The summed E-state index contributed by atoms with van der Waals surface area (Å²) >= 11 is 0. The minimum atomic E-state index is 0.0141. The Morgan fingerprint density at radius 2 is 1.20 bits per heavy atom. The standard InChI is InChI=1S/C14H9O/c15-14-10-8-13(9-11-14)7-6-12-4-2-1-3-5-12/h1-5,8-11H. The van der Waals surface area contributed by atoms with Crippen LogP contribution in [0.2, 0.25) is 0 Å². The number of hydrogen-bond acceptors (Lipinski definition) is 0. The average Bonchev–Trinajstić information content (AvgIpc) is 2.30. The molecule has 2 rings (SSSR count). The molecular formula is C14H9O. The number of hydrogen-bond donors (Lipinski definition) is 0. The fourth-order valence-corrected chi connectivity index (χ4v) is 1.20. The second kappa shape index (κ2) is 4.34. The first-order valence-electron chi connectivity index (χ1n) is 4.69. The van der Waals surface area contributed by atoms with Crippen LogP contribution in [0.3, 0.4) is 0 Å². The van der Waals surface area contributed by atoms with Gasteiger partial charge in [-0.3, -0.25) is 5.11 Å². The summed E-state index contributed by atoms with van der Waals surface area (Å²) < 4.78 is 0. The van der Waals surface area contributed by atoms with Crippen molar-refractivity contribution in [2.75, 3.05) is 0 Å². The van der Waals surface area contributed by atoms with Crippen LogP contribution >= 0.6 is 0 Å². The Hall–Kier alpha value is -2.20. The lowest BCUT2D eigenvalue weighted by Crippen LogP contribution is -1.74. The van der Waals surface area contributed by atoms with Gasteiger partial charge in [0.25, 0.3) is 0 Å². The van der Waals surface area contributed by atoms with Gasteiger partial charge in [0.05, 0.1) is 0 Å². The van der Waals surface area contributed by atoms with Crippen LogP contribution < -0.4 is 0 Å². The van der Waals surface area contributed by atoms with Crippen LogP contribution in [0.1, 0.15) is 11.1 Å².